The van der Waals surface area contributed by atoms with Gasteiger partial charge in [-0.2, -0.15) is 5.10 Å². The van der Waals surface area contributed by atoms with Crippen LogP contribution in [0.3, 0.4) is 0 Å². The van der Waals surface area contributed by atoms with Gasteiger partial charge in [0.2, 0.25) is 0 Å². The zero-order chi connectivity index (χ0) is 18.5. The molecule has 27 heavy (non-hydrogen) atoms. The van der Waals surface area contributed by atoms with E-state index in [0.717, 1.165) is 52.4 Å². The molecule has 4 aromatic rings. The normalized spacial score (nSPS) is 14.0. The van der Waals surface area contributed by atoms with Crippen LogP contribution in [0.15, 0.2) is 30.9 Å². The van der Waals surface area contributed by atoms with E-state index in [1.165, 1.54) is 16.1 Å². The van der Waals surface area contributed by atoms with E-state index in [1.54, 1.807) is 17.7 Å². The van der Waals surface area contributed by atoms with Gasteiger partial charge >= 0.3 is 0 Å². The summed E-state index contributed by atoms with van der Waals surface area (Å²) in [4.78, 5) is 18.4. The van der Waals surface area contributed by atoms with Crippen LogP contribution in [0, 0.1) is 13.8 Å². The van der Waals surface area contributed by atoms with Gasteiger partial charge in [-0.3, -0.25) is 9.67 Å². The number of pyridine rings is 1. The van der Waals surface area contributed by atoms with Gasteiger partial charge < -0.3 is 4.90 Å². The second-order valence-corrected chi connectivity index (χ2v) is 8.31. The Morgan fingerprint density at radius 1 is 1.11 bits per heavy atom. The molecule has 0 radical (unpaired) electrons. The molecule has 1 aliphatic heterocycles. The fourth-order valence-electron chi connectivity index (χ4n) is 3.85. The number of anilines is 1. The molecule has 0 fully saturated rings. The number of hydrogen-bond acceptors (Lipinski definition) is 6. The van der Waals surface area contributed by atoms with Crippen molar-refractivity contribution in [1.82, 2.24) is 24.7 Å². The Morgan fingerprint density at radius 2 is 2.00 bits per heavy atom. The van der Waals surface area contributed by atoms with Crippen molar-refractivity contribution in [2.45, 2.75) is 26.8 Å². The SMILES string of the molecule is Cc1cc2c(N3CCc4ncc(-c5cn(C)nc5C)cc4C3)ncnc2s1. The van der Waals surface area contributed by atoms with Crippen LogP contribution in [-0.2, 0) is 20.0 Å². The molecule has 7 heteroatoms. The lowest BCUT2D eigenvalue weighted by Crippen LogP contribution is -2.31. The molecule has 0 amide bonds. The first-order valence-corrected chi connectivity index (χ1v) is 9.84. The highest BCUT2D eigenvalue weighted by atomic mass is 32.1. The lowest BCUT2D eigenvalue weighted by Gasteiger charge is -2.29. The van der Waals surface area contributed by atoms with E-state index in [2.05, 4.69) is 45.2 Å². The predicted molar refractivity (Wildman–Crippen MR) is 108 cm³/mol. The molecule has 0 spiro atoms. The van der Waals surface area contributed by atoms with E-state index in [9.17, 15) is 0 Å². The van der Waals surface area contributed by atoms with E-state index in [0.29, 0.717) is 0 Å². The number of rotatable bonds is 2. The molecule has 0 bridgehead atoms. The minimum absolute atomic E-state index is 0.816. The highest BCUT2D eigenvalue weighted by Crippen LogP contribution is 2.33. The molecule has 0 aliphatic carbocycles. The first-order valence-electron chi connectivity index (χ1n) is 9.03. The smallest absolute Gasteiger partial charge is 0.141 e. The second kappa shape index (κ2) is 6.13. The summed E-state index contributed by atoms with van der Waals surface area (Å²) in [6.45, 7) is 5.90. The van der Waals surface area contributed by atoms with Gasteiger partial charge in [0.15, 0.2) is 0 Å². The molecule has 136 valence electrons. The van der Waals surface area contributed by atoms with Crippen LogP contribution in [-0.4, -0.2) is 31.3 Å². The van der Waals surface area contributed by atoms with Gasteiger partial charge in [0.25, 0.3) is 0 Å². The standard InChI is InChI=1S/C20H20N6S/c1-12-6-16-19(22-11-23-20(16)27-12)26-5-4-18-15(9-26)7-14(8-21-18)17-10-25(3)24-13(17)2/h6-8,10-11H,4-5,9H2,1-3H3. The zero-order valence-electron chi connectivity index (χ0n) is 15.6. The summed E-state index contributed by atoms with van der Waals surface area (Å²) in [5.41, 5.74) is 5.74. The van der Waals surface area contributed by atoms with Crippen LogP contribution >= 0.6 is 11.3 Å². The Labute approximate surface area is 161 Å². The maximum absolute atomic E-state index is 4.75. The molecule has 0 aromatic carbocycles. The second-order valence-electron chi connectivity index (χ2n) is 7.08. The van der Waals surface area contributed by atoms with E-state index in [4.69, 9.17) is 4.98 Å². The summed E-state index contributed by atoms with van der Waals surface area (Å²) < 4.78 is 1.85. The van der Waals surface area contributed by atoms with Crippen molar-refractivity contribution in [3.63, 3.8) is 0 Å². The fourth-order valence-corrected chi connectivity index (χ4v) is 4.69. The van der Waals surface area contributed by atoms with Crippen LogP contribution in [0.4, 0.5) is 5.82 Å². The third-order valence-electron chi connectivity index (χ3n) is 5.10. The third kappa shape index (κ3) is 2.78. The summed E-state index contributed by atoms with van der Waals surface area (Å²) in [6.07, 6.45) is 6.64. The molecule has 0 atom stereocenters. The number of thiophene rings is 1. The summed E-state index contributed by atoms with van der Waals surface area (Å²) in [5, 5.41) is 5.61. The molecule has 0 unspecified atom stereocenters. The highest BCUT2D eigenvalue weighted by molar-refractivity contribution is 7.18. The van der Waals surface area contributed by atoms with Crippen molar-refractivity contribution in [2.75, 3.05) is 11.4 Å². The first-order chi connectivity index (χ1) is 13.1. The van der Waals surface area contributed by atoms with Crippen molar-refractivity contribution in [3.8, 4) is 11.1 Å². The Morgan fingerprint density at radius 3 is 2.81 bits per heavy atom. The summed E-state index contributed by atoms with van der Waals surface area (Å²) in [5.74, 6) is 1.03. The van der Waals surface area contributed by atoms with Gasteiger partial charge in [-0.1, -0.05) is 0 Å². The molecular weight excluding hydrogens is 356 g/mol. The van der Waals surface area contributed by atoms with Crippen LogP contribution in [0.25, 0.3) is 21.3 Å². The first kappa shape index (κ1) is 16.4. The van der Waals surface area contributed by atoms with Crippen LogP contribution in [0.1, 0.15) is 21.8 Å². The molecule has 0 N–H and O–H groups in total. The average Bonchev–Trinajstić information content (AvgIpc) is 3.21. The van der Waals surface area contributed by atoms with E-state index in [1.807, 2.05) is 24.9 Å². The van der Waals surface area contributed by atoms with Crippen molar-refractivity contribution in [2.24, 2.45) is 7.05 Å². The quantitative estimate of drug-likeness (QED) is 0.534. The molecule has 6 nitrogen and oxygen atoms in total. The molecule has 5 heterocycles. The Bertz CT molecular complexity index is 1160. The number of aromatic nitrogens is 5. The minimum atomic E-state index is 0.816. The van der Waals surface area contributed by atoms with Crippen LogP contribution in [0.2, 0.25) is 0 Å². The van der Waals surface area contributed by atoms with Gasteiger partial charge in [0, 0.05) is 60.6 Å². The van der Waals surface area contributed by atoms with Crippen LogP contribution < -0.4 is 4.90 Å². The summed E-state index contributed by atoms with van der Waals surface area (Å²) in [7, 11) is 1.95. The number of fused-ring (bicyclic) bond motifs is 2. The lowest BCUT2D eigenvalue weighted by molar-refractivity contribution is 0.705. The number of nitrogens with zero attached hydrogens (tertiary/aromatic N) is 6. The molecule has 0 saturated heterocycles. The topological polar surface area (TPSA) is 59.7 Å². The van der Waals surface area contributed by atoms with Crippen molar-refractivity contribution >= 4 is 27.4 Å². The highest BCUT2D eigenvalue weighted by Gasteiger charge is 2.22. The molecule has 4 aromatic heterocycles. The van der Waals surface area contributed by atoms with Crippen molar-refractivity contribution in [1.29, 1.82) is 0 Å². The van der Waals surface area contributed by atoms with Gasteiger partial charge in [-0.15, -0.1) is 11.3 Å². The molecule has 1 aliphatic rings. The monoisotopic (exact) mass is 376 g/mol. The number of aryl methyl sites for hydroxylation is 3. The van der Waals surface area contributed by atoms with Gasteiger partial charge in [-0.05, 0) is 31.5 Å². The predicted octanol–water partition coefficient (Wildman–Crippen LogP) is 3.67. The lowest BCUT2D eigenvalue weighted by atomic mass is 10.0. The summed E-state index contributed by atoms with van der Waals surface area (Å²) in [6, 6.07) is 4.45. The van der Waals surface area contributed by atoms with Gasteiger partial charge in [-0.25, -0.2) is 9.97 Å². The molecule has 5 rings (SSSR count). The maximum atomic E-state index is 4.75. The van der Waals surface area contributed by atoms with Gasteiger partial charge in [0.1, 0.15) is 17.0 Å². The van der Waals surface area contributed by atoms with Gasteiger partial charge in [0.05, 0.1) is 11.1 Å². The molecular formula is C20H20N6S. The Kier molecular flexibility index (Phi) is 3.72. The maximum Gasteiger partial charge on any atom is 0.141 e. The largest absolute Gasteiger partial charge is 0.351 e. The molecule has 0 saturated carbocycles. The summed E-state index contributed by atoms with van der Waals surface area (Å²) >= 11 is 1.72. The van der Waals surface area contributed by atoms with Crippen molar-refractivity contribution < 1.29 is 0 Å². The third-order valence-corrected chi connectivity index (χ3v) is 6.05. The number of hydrogen-bond donors (Lipinski definition) is 0. The van der Waals surface area contributed by atoms with E-state index < -0.39 is 0 Å². The van der Waals surface area contributed by atoms with E-state index >= 15 is 0 Å². The van der Waals surface area contributed by atoms with Crippen molar-refractivity contribution in [3.05, 3.63) is 52.7 Å². The fraction of sp³-hybridized carbons (Fsp3) is 0.300. The average molecular weight is 376 g/mol. The Balaban J connectivity index is 1.53. The van der Waals surface area contributed by atoms with Crippen LogP contribution in [0.5, 0.6) is 0 Å². The van der Waals surface area contributed by atoms with E-state index in [-0.39, 0.29) is 0 Å². The Hall–Kier alpha value is -2.80. The zero-order valence-corrected chi connectivity index (χ0v) is 16.4. The minimum Gasteiger partial charge on any atom is -0.351 e.